The highest BCUT2D eigenvalue weighted by molar-refractivity contribution is 6.21. The minimum Gasteiger partial charge on any atom is -0.367 e. The first kappa shape index (κ1) is 13.2. The molecule has 1 aromatic rings. The molecule has 0 aliphatic carbocycles. The van der Waals surface area contributed by atoms with E-state index in [4.69, 9.17) is 11.6 Å². The van der Waals surface area contributed by atoms with Crippen LogP contribution in [0.4, 0.5) is 5.82 Å². The zero-order valence-corrected chi connectivity index (χ0v) is 11.0. The average molecular weight is 242 g/mol. The van der Waals surface area contributed by atoms with E-state index in [1.807, 2.05) is 19.1 Å². The molecule has 1 heterocycles. The Morgan fingerprint density at radius 1 is 1.25 bits per heavy atom. The number of aryl methyl sites for hydroxylation is 1. The zero-order chi connectivity index (χ0) is 12.0. The molecule has 3 nitrogen and oxygen atoms in total. The van der Waals surface area contributed by atoms with Crippen molar-refractivity contribution in [1.82, 2.24) is 10.2 Å². The van der Waals surface area contributed by atoms with Gasteiger partial charge in [-0.2, -0.15) is 5.10 Å². The third-order valence-electron chi connectivity index (χ3n) is 2.84. The molecule has 1 unspecified atom stereocenters. The molecule has 0 saturated heterocycles. The smallest absolute Gasteiger partial charge is 0.148 e. The summed E-state index contributed by atoms with van der Waals surface area (Å²) in [7, 11) is 0. The number of rotatable bonds is 6. The lowest BCUT2D eigenvalue weighted by molar-refractivity contribution is 0.475. The number of hydrogen-bond donors (Lipinski definition) is 1. The maximum absolute atomic E-state index is 6.32. The molecule has 0 radical (unpaired) electrons. The van der Waals surface area contributed by atoms with Crippen LogP contribution in [-0.4, -0.2) is 22.1 Å². The van der Waals surface area contributed by atoms with Gasteiger partial charge < -0.3 is 5.32 Å². The summed E-state index contributed by atoms with van der Waals surface area (Å²) < 4.78 is 0. The zero-order valence-electron chi connectivity index (χ0n) is 10.2. The molecule has 0 bridgehead atoms. The van der Waals surface area contributed by atoms with Crippen molar-refractivity contribution < 1.29 is 0 Å². The molecule has 1 atom stereocenters. The van der Waals surface area contributed by atoms with Crippen LogP contribution >= 0.6 is 11.6 Å². The van der Waals surface area contributed by atoms with E-state index in [1.54, 1.807) is 0 Å². The predicted octanol–water partition coefficient (Wildman–Crippen LogP) is 3.24. The van der Waals surface area contributed by atoms with Crippen LogP contribution in [0, 0.1) is 12.8 Å². The molecule has 1 N–H and O–H groups in total. The van der Waals surface area contributed by atoms with E-state index < -0.39 is 0 Å². The summed E-state index contributed by atoms with van der Waals surface area (Å²) in [5.41, 5.74) is 0.924. The fourth-order valence-corrected chi connectivity index (χ4v) is 2.10. The van der Waals surface area contributed by atoms with Crippen molar-refractivity contribution in [2.75, 3.05) is 11.9 Å². The maximum atomic E-state index is 6.32. The normalized spacial score (nSPS) is 12.8. The van der Waals surface area contributed by atoms with Gasteiger partial charge in [-0.25, -0.2) is 0 Å². The van der Waals surface area contributed by atoms with Crippen molar-refractivity contribution in [2.24, 2.45) is 5.92 Å². The van der Waals surface area contributed by atoms with Crippen LogP contribution in [-0.2, 0) is 0 Å². The molecule has 4 heteroatoms. The van der Waals surface area contributed by atoms with Crippen molar-refractivity contribution in [3.05, 3.63) is 17.8 Å². The Morgan fingerprint density at radius 2 is 1.94 bits per heavy atom. The molecule has 0 aromatic carbocycles. The quantitative estimate of drug-likeness (QED) is 0.777. The summed E-state index contributed by atoms with van der Waals surface area (Å²) >= 11 is 6.32. The molecule has 1 aromatic heterocycles. The summed E-state index contributed by atoms with van der Waals surface area (Å²) in [6, 6.07) is 3.87. The Hall–Kier alpha value is -0.830. The van der Waals surface area contributed by atoms with Crippen molar-refractivity contribution in [2.45, 2.75) is 39.0 Å². The van der Waals surface area contributed by atoms with Crippen molar-refractivity contribution in [3.8, 4) is 0 Å². The van der Waals surface area contributed by atoms with Crippen LogP contribution < -0.4 is 5.32 Å². The second-order valence-electron chi connectivity index (χ2n) is 4.03. The monoisotopic (exact) mass is 241 g/mol. The SMILES string of the molecule is CCC(CC)C(Cl)CNc1ccc(C)nn1. The van der Waals surface area contributed by atoms with Gasteiger partial charge in [0.2, 0.25) is 0 Å². The standard InChI is InChI=1S/C12H20ClN3/c1-4-10(5-2)11(13)8-14-12-7-6-9(3)15-16-12/h6-7,10-11H,4-5,8H2,1-3H3,(H,14,16). The van der Waals surface area contributed by atoms with Crippen molar-refractivity contribution in [3.63, 3.8) is 0 Å². The highest BCUT2D eigenvalue weighted by Crippen LogP contribution is 2.18. The van der Waals surface area contributed by atoms with Gasteiger partial charge in [-0.05, 0) is 25.0 Å². The number of alkyl halides is 1. The van der Waals surface area contributed by atoms with Gasteiger partial charge in [0.05, 0.1) is 11.1 Å². The Morgan fingerprint density at radius 3 is 2.44 bits per heavy atom. The molecule has 0 fully saturated rings. The largest absolute Gasteiger partial charge is 0.367 e. The third-order valence-corrected chi connectivity index (χ3v) is 3.35. The average Bonchev–Trinajstić information content (AvgIpc) is 2.30. The Labute approximate surface area is 103 Å². The number of hydrogen-bond acceptors (Lipinski definition) is 3. The Bertz CT molecular complexity index is 296. The minimum atomic E-state index is 0.151. The summed E-state index contributed by atoms with van der Waals surface area (Å²) in [6.45, 7) is 7.02. The van der Waals surface area contributed by atoms with Gasteiger partial charge in [0.15, 0.2) is 0 Å². The van der Waals surface area contributed by atoms with Gasteiger partial charge in [-0.15, -0.1) is 16.7 Å². The second kappa shape index (κ2) is 6.69. The summed E-state index contributed by atoms with van der Waals surface area (Å²) in [6.07, 6.45) is 2.23. The van der Waals surface area contributed by atoms with Crippen LogP contribution in [0.15, 0.2) is 12.1 Å². The van der Waals surface area contributed by atoms with E-state index in [-0.39, 0.29) is 5.38 Å². The Balaban J connectivity index is 2.42. The molecule has 0 amide bonds. The fraction of sp³-hybridized carbons (Fsp3) is 0.667. The summed E-state index contributed by atoms with van der Waals surface area (Å²) in [5.74, 6) is 1.36. The lowest BCUT2D eigenvalue weighted by atomic mass is 9.99. The van der Waals surface area contributed by atoms with Gasteiger partial charge in [-0.3, -0.25) is 0 Å². The van der Waals surface area contributed by atoms with Gasteiger partial charge in [0, 0.05) is 6.54 Å². The third kappa shape index (κ3) is 3.97. The summed E-state index contributed by atoms with van der Waals surface area (Å²) in [5, 5.41) is 11.4. The van der Waals surface area contributed by atoms with E-state index >= 15 is 0 Å². The van der Waals surface area contributed by atoms with E-state index in [0.29, 0.717) is 5.92 Å². The topological polar surface area (TPSA) is 37.8 Å². The van der Waals surface area contributed by atoms with E-state index in [9.17, 15) is 0 Å². The van der Waals surface area contributed by atoms with E-state index in [2.05, 4.69) is 29.4 Å². The molecule has 0 aliphatic rings. The van der Waals surface area contributed by atoms with E-state index in [0.717, 1.165) is 30.9 Å². The fourth-order valence-electron chi connectivity index (χ4n) is 1.66. The lowest BCUT2D eigenvalue weighted by Gasteiger charge is -2.19. The van der Waals surface area contributed by atoms with Crippen LogP contribution in [0.3, 0.4) is 0 Å². The molecule has 90 valence electrons. The number of nitrogens with zero attached hydrogens (tertiary/aromatic N) is 2. The molecule has 0 saturated carbocycles. The molecule has 1 rings (SSSR count). The number of nitrogens with one attached hydrogen (secondary N) is 1. The first-order valence-corrected chi connectivity index (χ1v) is 6.29. The second-order valence-corrected chi connectivity index (χ2v) is 4.59. The number of aromatic nitrogens is 2. The van der Waals surface area contributed by atoms with Gasteiger partial charge >= 0.3 is 0 Å². The first-order chi connectivity index (χ1) is 7.67. The van der Waals surface area contributed by atoms with Crippen LogP contribution in [0.1, 0.15) is 32.4 Å². The highest BCUT2D eigenvalue weighted by atomic mass is 35.5. The Kier molecular flexibility index (Phi) is 5.53. The van der Waals surface area contributed by atoms with Crippen LogP contribution in [0.25, 0.3) is 0 Å². The van der Waals surface area contributed by atoms with Crippen molar-refractivity contribution in [1.29, 1.82) is 0 Å². The van der Waals surface area contributed by atoms with Gasteiger partial charge in [-0.1, -0.05) is 26.7 Å². The number of halogens is 1. The van der Waals surface area contributed by atoms with Crippen molar-refractivity contribution >= 4 is 17.4 Å². The molecular weight excluding hydrogens is 222 g/mol. The van der Waals surface area contributed by atoms with Crippen LogP contribution in [0.2, 0.25) is 0 Å². The summed E-state index contributed by atoms with van der Waals surface area (Å²) in [4.78, 5) is 0. The lowest BCUT2D eigenvalue weighted by Crippen LogP contribution is -2.23. The van der Waals surface area contributed by atoms with Gasteiger partial charge in [0.25, 0.3) is 0 Å². The molecular formula is C12H20ClN3. The molecule has 0 aliphatic heterocycles. The number of anilines is 1. The minimum absolute atomic E-state index is 0.151. The van der Waals surface area contributed by atoms with Crippen LogP contribution in [0.5, 0.6) is 0 Å². The predicted molar refractivity (Wildman–Crippen MR) is 69.0 cm³/mol. The maximum Gasteiger partial charge on any atom is 0.148 e. The van der Waals surface area contributed by atoms with E-state index in [1.165, 1.54) is 0 Å². The molecule has 16 heavy (non-hydrogen) atoms. The van der Waals surface area contributed by atoms with Gasteiger partial charge in [0.1, 0.15) is 5.82 Å². The highest BCUT2D eigenvalue weighted by Gasteiger charge is 2.15. The first-order valence-electron chi connectivity index (χ1n) is 5.85. The molecule has 0 spiro atoms.